The van der Waals surface area contributed by atoms with Crippen LogP contribution in [-0.2, 0) is 11.3 Å². The van der Waals surface area contributed by atoms with Gasteiger partial charge in [0.15, 0.2) is 11.0 Å². The summed E-state index contributed by atoms with van der Waals surface area (Å²) in [6.07, 6.45) is 0. The van der Waals surface area contributed by atoms with Gasteiger partial charge in [-0.15, -0.1) is 10.2 Å². The van der Waals surface area contributed by atoms with E-state index in [0.717, 1.165) is 33.5 Å². The summed E-state index contributed by atoms with van der Waals surface area (Å²) in [6, 6.07) is 15.7. The number of carbonyl (C=O) groups excluding carboxylic acids is 1. The zero-order valence-electron chi connectivity index (χ0n) is 18.0. The highest BCUT2D eigenvalue weighted by Gasteiger charge is 2.21. The van der Waals surface area contributed by atoms with Crippen molar-refractivity contribution in [2.75, 3.05) is 12.4 Å². The van der Waals surface area contributed by atoms with E-state index < -0.39 is 0 Å². The number of nitrogens with zero attached hydrogens (tertiary/aromatic N) is 3. The van der Waals surface area contributed by atoms with Gasteiger partial charge in [-0.25, -0.2) is 0 Å². The van der Waals surface area contributed by atoms with Crippen LogP contribution in [0.4, 0.5) is 5.69 Å². The minimum absolute atomic E-state index is 0.0512. The predicted octanol–water partition coefficient (Wildman–Crippen LogP) is 5.22. The van der Waals surface area contributed by atoms with Gasteiger partial charge >= 0.3 is 0 Å². The average molecular weight is 425 g/mol. The fraction of sp³-hybridized carbons (Fsp3) is 0.348. The Kier molecular flexibility index (Phi) is 7.15. The fourth-order valence-electron chi connectivity index (χ4n) is 3.17. The molecule has 1 N–H and O–H groups in total. The molecule has 158 valence electrons. The first-order valence-corrected chi connectivity index (χ1v) is 11.0. The van der Waals surface area contributed by atoms with Crippen molar-refractivity contribution < 1.29 is 9.53 Å². The largest absolute Gasteiger partial charge is 0.497 e. The van der Waals surface area contributed by atoms with Crippen LogP contribution in [0.1, 0.15) is 39.2 Å². The Morgan fingerprint density at radius 3 is 2.43 bits per heavy atom. The lowest BCUT2D eigenvalue weighted by atomic mass is 10.0. The fourth-order valence-corrected chi connectivity index (χ4v) is 4.09. The third kappa shape index (κ3) is 4.84. The zero-order chi connectivity index (χ0) is 21.7. The van der Waals surface area contributed by atoms with E-state index in [-0.39, 0.29) is 11.2 Å². The Hall–Kier alpha value is -2.80. The summed E-state index contributed by atoms with van der Waals surface area (Å²) >= 11 is 1.41. The smallest absolute Gasteiger partial charge is 0.237 e. The van der Waals surface area contributed by atoms with Crippen molar-refractivity contribution >= 4 is 23.4 Å². The van der Waals surface area contributed by atoms with E-state index in [2.05, 4.69) is 29.4 Å². The van der Waals surface area contributed by atoms with Crippen LogP contribution in [0, 0.1) is 0 Å². The maximum atomic E-state index is 12.8. The second-order valence-corrected chi connectivity index (χ2v) is 8.58. The molecule has 1 aromatic heterocycles. The van der Waals surface area contributed by atoms with Gasteiger partial charge in [0.2, 0.25) is 5.91 Å². The number of para-hydroxylation sites is 1. The molecule has 0 aliphatic rings. The lowest BCUT2D eigenvalue weighted by molar-refractivity contribution is -0.115. The Bertz CT molecular complexity index is 999. The molecule has 0 bridgehead atoms. The number of thioether (sulfide) groups is 1. The number of anilines is 1. The van der Waals surface area contributed by atoms with Crippen molar-refractivity contribution in [3.63, 3.8) is 0 Å². The number of methoxy groups -OCH3 is 1. The molecule has 3 aromatic rings. The molecule has 0 aliphatic heterocycles. The number of hydrogen-bond acceptors (Lipinski definition) is 5. The molecule has 0 spiro atoms. The van der Waals surface area contributed by atoms with Gasteiger partial charge in [-0.05, 0) is 55.7 Å². The number of rotatable bonds is 8. The van der Waals surface area contributed by atoms with E-state index in [4.69, 9.17) is 4.74 Å². The van der Waals surface area contributed by atoms with Crippen LogP contribution < -0.4 is 10.1 Å². The van der Waals surface area contributed by atoms with E-state index >= 15 is 0 Å². The van der Waals surface area contributed by atoms with Gasteiger partial charge < -0.3 is 14.6 Å². The van der Waals surface area contributed by atoms with Crippen molar-refractivity contribution in [3.8, 4) is 17.1 Å². The summed E-state index contributed by atoms with van der Waals surface area (Å²) in [5, 5.41) is 12.2. The second kappa shape index (κ2) is 9.80. The first-order chi connectivity index (χ1) is 14.4. The number of aromatic nitrogens is 3. The molecule has 0 fully saturated rings. The highest BCUT2D eigenvalue weighted by atomic mass is 32.2. The summed E-state index contributed by atoms with van der Waals surface area (Å²) in [5.74, 6) is 1.85. The van der Waals surface area contributed by atoms with Crippen LogP contribution in [-0.4, -0.2) is 33.0 Å². The van der Waals surface area contributed by atoms with Crippen LogP contribution in [0.5, 0.6) is 5.75 Å². The average Bonchev–Trinajstić information content (AvgIpc) is 3.16. The number of benzene rings is 2. The summed E-state index contributed by atoms with van der Waals surface area (Å²) < 4.78 is 7.25. The van der Waals surface area contributed by atoms with Crippen LogP contribution in [0.15, 0.2) is 53.7 Å². The van der Waals surface area contributed by atoms with Gasteiger partial charge in [-0.3, -0.25) is 4.79 Å². The van der Waals surface area contributed by atoms with E-state index in [9.17, 15) is 4.79 Å². The minimum Gasteiger partial charge on any atom is -0.497 e. The van der Waals surface area contributed by atoms with Crippen molar-refractivity contribution in [1.29, 1.82) is 0 Å². The van der Waals surface area contributed by atoms with E-state index in [1.807, 2.05) is 66.9 Å². The molecule has 7 heteroatoms. The van der Waals surface area contributed by atoms with Gasteiger partial charge in [0.25, 0.3) is 0 Å². The monoisotopic (exact) mass is 424 g/mol. The summed E-state index contributed by atoms with van der Waals surface area (Å²) in [7, 11) is 1.64. The Morgan fingerprint density at radius 1 is 1.10 bits per heavy atom. The number of carbonyl (C=O) groups is 1. The van der Waals surface area contributed by atoms with Crippen molar-refractivity contribution in [2.45, 2.75) is 50.6 Å². The summed E-state index contributed by atoms with van der Waals surface area (Å²) in [6.45, 7) is 8.88. The molecule has 0 saturated heterocycles. The second-order valence-electron chi connectivity index (χ2n) is 7.27. The number of nitrogens with one attached hydrogen (secondary N) is 1. The normalized spacial score (nSPS) is 12.1. The van der Waals surface area contributed by atoms with Gasteiger partial charge in [0.1, 0.15) is 5.75 Å². The van der Waals surface area contributed by atoms with Gasteiger partial charge in [-0.1, -0.05) is 43.8 Å². The van der Waals surface area contributed by atoms with Gasteiger partial charge in [0, 0.05) is 17.8 Å². The summed E-state index contributed by atoms with van der Waals surface area (Å²) in [5.41, 5.74) is 2.95. The van der Waals surface area contributed by atoms with Gasteiger partial charge in [0.05, 0.1) is 12.4 Å². The predicted molar refractivity (Wildman–Crippen MR) is 122 cm³/mol. The topological polar surface area (TPSA) is 69.0 Å². The van der Waals surface area contributed by atoms with Crippen LogP contribution >= 0.6 is 11.8 Å². The lowest BCUT2D eigenvalue weighted by Gasteiger charge is -2.16. The maximum Gasteiger partial charge on any atom is 0.237 e. The number of ether oxygens (including phenoxy) is 1. The van der Waals surface area contributed by atoms with Crippen LogP contribution in [0.3, 0.4) is 0 Å². The SMILES string of the molecule is CCn1c(S[C@H](C)C(=O)Nc2ccccc2C(C)C)nnc1-c1ccc(OC)cc1. The van der Waals surface area contributed by atoms with Crippen molar-refractivity contribution in [3.05, 3.63) is 54.1 Å². The van der Waals surface area contributed by atoms with Crippen LogP contribution in [0.2, 0.25) is 0 Å². The highest BCUT2D eigenvalue weighted by Crippen LogP contribution is 2.29. The molecule has 0 unspecified atom stereocenters. The third-order valence-electron chi connectivity index (χ3n) is 4.87. The van der Waals surface area contributed by atoms with Crippen molar-refractivity contribution in [2.24, 2.45) is 0 Å². The van der Waals surface area contributed by atoms with Crippen molar-refractivity contribution in [1.82, 2.24) is 14.8 Å². The molecule has 2 aromatic carbocycles. The molecule has 0 aliphatic carbocycles. The molecule has 0 saturated carbocycles. The Morgan fingerprint density at radius 2 is 1.80 bits per heavy atom. The molecule has 1 amide bonds. The Balaban J connectivity index is 1.76. The quantitative estimate of drug-likeness (QED) is 0.502. The maximum absolute atomic E-state index is 12.8. The highest BCUT2D eigenvalue weighted by molar-refractivity contribution is 8.00. The first kappa shape index (κ1) is 21.9. The first-order valence-electron chi connectivity index (χ1n) is 10.1. The Labute approximate surface area is 182 Å². The molecule has 1 atom stereocenters. The summed E-state index contributed by atoms with van der Waals surface area (Å²) in [4.78, 5) is 12.8. The molecular weight excluding hydrogens is 396 g/mol. The lowest BCUT2D eigenvalue weighted by Crippen LogP contribution is -2.23. The van der Waals surface area contributed by atoms with E-state index in [1.54, 1.807) is 7.11 Å². The molecule has 1 heterocycles. The molecule has 0 radical (unpaired) electrons. The van der Waals surface area contributed by atoms with Gasteiger partial charge in [-0.2, -0.15) is 0 Å². The molecule has 6 nitrogen and oxygen atoms in total. The third-order valence-corrected chi connectivity index (χ3v) is 5.95. The van der Waals surface area contributed by atoms with Crippen LogP contribution in [0.25, 0.3) is 11.4 Å². The number of amides is 1. The van der Waals surface area contributed by atoms with E-state index in [0.29, 0.717) is 12.5 Å². The zero-order valence-corrected chi connectivity index (χ0v) is 18.9. The molecule has 30 heavy (non-hydrogen) atoms. The molecule has 3 rings (SSSR count). The molecular formula is C23H28N4O2S. The number of hydrogen-bond donors (Lipinski definition) is 1. The standard InChI is InChI=1S/C23H28N4O2S/c1-6-27-21(17-11-13-18(29-5)14-12-17)25-26-23(27)30-16(4)22(28)24-20-10-8-7-9-19(20)15(2)3/h7-16H,6H2,1-5H3,(H,24,28)/t16-/m1/s1. The minimum atomic E-state index is -0.316. The van der Waals surface area contributed by atoms with E-state index in [1.165, 1.54) is 11.8 Å².